The summed E-state index contributed by atoms with van der Waals surface area (Å²) in [6.45, 7) is 6.12. The van der Waals surface area contributed by atoms with Crippen molar-refractivity contribution in [2.45, 2.75) is 19.5 Å². The van der Waals surface area contributed by atoms with Gasteiger partial charge < -0.3 is 20.1 Å². The van der Waals surface area contributed by atoms with Crippen molar-refractivity contribution < 1.29 is 9.47 Å². The summed E-state index contributed by atoms with van der Waals surface area (Å²) in [6.07, 6.45) is 0.873. The van der Waals surface area contributed by atoms with Gasteiger partial charge in [-0.15, -0.1) is 0 Å². The van der Waals surface area contributed by atoms with E-state index in [0.717, 1.165) is 64.1 Å². The summed E-state index contributed by atoms with van der Waals surface area (Å²) < 4.78 is 10.9. The molecule has 2 N–H and O–H groups in total. The van der Waals surface area contributed by atoms with Crippen molar-refractivity contribution in [2.24, 2.45) is 4.99 Å². The van der Waals surface area contributed by atoms with Crippen LogP contribution in [-0.2, 0) is 24.2 Å². The Kier molecular flexibility index (Phi) is 8.34. The van der Waals surface area contributed by atoms with Crippen molar-refractivity contribution in [3.63, 3.8) is 0 Å². The fourth-order valence-corrected chi connectivity index (χ4v) is 3.51. The zero-order chi connectivity index (χ0) is 20.3. The highest BCUT2D eigenvalue weighted by Crippen LogP contribution is 2.17. The molecule has 0 saturated carbocycles. The van der Waals surface area contributed by atoms with E-state index in [0.29, 0.717) is 0 Å². The molecule has 0 aliphatic carbocycles. The number of nitrogens with zero attached hydrogens (tertiary/aromatic N) is 2. The van der Waals surface area contributed by atoms with E-state index < -0.39 is 0 Å². The van der Waals surface area contributed by atoms with Crippen LogP contribution in [0.2, 0.25) is 0 Å². The van der Waals surface area contributed by atoms with Crippen LogP contribution in [-0.4, -0.2) is 57.9 Å². The number of aliphatic imine (C=N–C) groups is 1. The molecule has 29 heavy (non-hydrogen) atoms. The lowest BCUT2D eigenvalue weighted by molar-refractivity contribution is 0.0341. The van der Waals surface area contributed by atoms with Gasteiger partial charge in [0.05, 0.1) is 20.3 Å². The van der Waals surface area contributed by atoms with Crippen molar-refractivity contribution >= 4 is 5.96 Å². The molecule has 2 aromatic carbocycles. The van der Waals surface area contributed by atoms with Gasteiger partial charge in [-0.1, -0.05) is 42.5 Å². The van der Waals surface area contributed by atoms with Gasteiger partial charge in [-0.25, -0.2) is 0 Å². The number of hydrogen-bond acceptors (Lipinski definition) is 4. The summed E-state index contributed by atoms with van der Waals surface area (Å²) in [5.41, 5.74) is 3.84. The quantitative estimate of drug-likeness (QED) is 0.530. The van der Waals surface area contributed by atoms with Crippen LogP contribution in [0.4, 0.5) is 0 Å². The normalized spacial score (nSPS) is 15.2. The average molecular weight is 397 g/mol. The van der Waals surface area contributed by atoms with Crippen LogP contribution in [0.25, 0.3) is 0 Å². The van der Waals surface area contributed by atoms with Crippen LogP contribution in [0.3, 0.4) is 0 Å². The van der Waals surface area contributed by atoms with Crippen LogP contribution in [0.15, 0.2) is 53.5 Å². The second-order valence-electron chi connectivity index (χ2n) is 7.07. The van der Waals surface area contributed by atoms with E-state index in [1.807, 2.05) is 18.2 Å². The molecule has 156 valence electrons. The molecule has 6 nitrogen and oxygen atoms in total. The minimum Gasteiger partial charge on any atom is -0.496 e. The molecule has 0 unspecified atom stereocenters. The Morgan fingerprint density at radius 3 is 2.41 bits per heavy atom. The zero-order valence-electron chi connectivity index (χ0n) is 17.5. The minimum absolute atomic E-state index is 0.745. The maximum atomic E-state index is 5.46. The van der Waals surface area contributed by atoms with Crippen molar-refractivity contribution in [1.82, 2.24) is 15.5 Å². The molecule has 1 aliphatic rings. The molecule has 6 heteroatoms. The molecule has 0 atom stereocenters. The number of nitrogens with one attached hydrogen (secondary N) is 2. The smallest absolute Gasteiger partial charge is 0.191 e. The van der Waals surface area contributed by atoms with Gasteiger partial charge in [0.1, 0.15) is 5.75 Å². The van der Waals surface area contributed by atoms with E-state index in [-0.39, 0.29) is 0 Å². The van der Waals surface area contributed by atoms with E-state index in [9.17, 15) is 0 Å². The molecule has 1 fully saturated rings. The standard InChI is InChI=1S/C23H32N4O2/c1-24-23(25-12-11-19-7-5-6-10-22(19)28-2)26-17-20-8-3-4-9-21(20)18-27-13-15-29-16-14-27/h3-10H,11-18H2,1-2H3,(H2,24,25,26). The number of morpholine rings is 1. The third kappa shape index (κ3) is 6.48. The van der Waals surface area contributed by atoms with Crippen molar-refractivity contribution in [1.29, 1.82) is 0 Å². The SMILES string of the molecule is CN=C(NCCc1ccccc1OC)NCc1ccccc1CN1CCOCC1. The third-order valence-corrected chi connectivity index (χ3v) is 5.17. The predicted octanol–water partition coefficient (Wildman–Crippen LogP) is 2.44. The molecule has 1 aliphatic heterocycles. The van der Waals surface area contributed by atoms with E-state index in [2.05, 4.69) is 50.9 Å². The molecule has 0 spiro atoms. The number of para-hydroxylation sites is 1. The van der Waals surface area contributed by atoms with Gasteiger partial charge in [-0.2, -0.15) is 0 Å². The molecule has 2 aromatic rings. The van der Waals surface area contributed by atoms with E-state index in [1.54, 1.807) is 14.2 Å². The summed E-state index contributed by atoms with van der Waals surface area (Å²) in [5, 5.41) is 6.84. The Labute approximate surface area is 173 Å². The highest BCUT2D eigenvalue weighted by atomic mass is 16.5. The monoisotopic (exact) mass is 396 g/mol. The molecule has 0 aromatic heterocycles. The van der Waals surface area contributed by atoms with Gasteiger partial charge in [0.2, 0.25) is 0 Å². The number of rotatable bonds is 8. The van der Waals surface area contributed by atoms with E-state index in [1.165, 1.54) is 16.7 Å². The van der Waals surface area contributed by atoms with Crippen LogP contribution in [0.5, 0.6) is 5.75 Å². The van der Waals surface area contributed by atoms with Crippen LogP contribution >= 0.6 is 0 Å². The van der Waals surface area contributed by atoms with Crippen LogP contribution < -0.4 is 15.4 Å². The second kappa shape index (κ2) is 11.4. The number of hydrogen-bond donors (Lipinski definition) is 2. The maximum absolute atomic E-state index is 5.46. The lowest BCUT2D eigenvalue weighted by atomic mass is 10.1. The number of methoxy groups -OCH3 is 1. The summed E-state index contributed by atoms with van der Waals surface area (Å²) in [5.74, 6) is 1.73. The van der Waals surface area contributed by atoms with Gasteiger partial charge in [-0.3, -0.25) is 9.89 Å². The number of ether oxygens (including phenoxy) is 2. The molecule has 1 saturated heterocycles. The first-order valence-corrected chi connectivity index (χ1v) is 10.2. The molecular weight excluding hydrogens is 364 g/mol. The Hall–Kier alpha value is -2.57. The first-order chi connectivity index (χ1) is 14.3. The summed E-state index contributed by atoms with van der Waals surface area (Å²) in [7, 11) is 3.51. The molecule has 0 radical (unpaired) electrons. The van der Waals surface area contributed by atoms with Crippen LogP contribution in [0.1, 0.15) is 16.7 Å². The lowest BCUT2D eigenvalue weighted by Crippen LogP contribution is -2.38. The lowest BCUT2D eigenvalue weighted by Gasteiger charge is -2.27. The van der Waals surface area contributed by atoms with Crippen molar-refractivity contribution in [3.05, 3.63) is 65.2 Å². The van der Waals surface area contributed by atoms with Crippen molar-refractivity contribution in [2.75, 3.05) is 47.0 Å². The Morgan fingerprint density at radius 2 is 1.69 bits per heavy atom. The van der Waals surface area contributed by atoms with Gasteiger partial charge in [0.15, 0.2) is 5.96 Å². The number of benzene rings is 2. The molecule has 0 bridgehead atoms. The maximum Gasteiger partial charge on any atom is 0.191 e. The Bertz CT molecular complexity index is 788. The number of guanidine groups is 1. The highest BCUT2D eigenvalue weighted by molar-refractivity contribution is 5.79. The first-order valence-electron chi connectivity index (χ1n) is 10.2. The van der Waals surface area contributed by atoms with Gasteiger partial charge >= 0.3 is 0 Å². The topological polar surface area (TPSA) is 58.1 Å². The van der Waals surface area contributed by atoms with Gasteiger partial charge in [0.25, 0.3) is 0 Å². The first kappa shape index (κ1) is 21.1. The predicted molar refractivity (Wildman–Crippen MR) is 117 cm³/mol. The molecule has 0 amide bonds. The summed E-state index contributed by atoms with van der Waals surface area (Å²) in [4.78, 5) is 6.81. The average Bonchev–Trinajstić information content (AvgIpc) is 2.78. The van der Waals surface area contributed by atoms with Crippen LogP contribution in [0, 0.1) is 0 Å². The van der Waals surface area contributed by atoms with E-state index in [4.69, 9.17) is 9.47 Å². The second-order valence-corrected chi connectivity index (χ2v) is 7.07. The molecular formula is C23H32N4O2. The Morgan fingerprint density at radius 1 is 1.00 bits per heavy atom. The summed E-state index contributed by atoms with van der Waals surface area (Å²) in [6, 6.07) is 16.7. The molecule has 3 rings (SSSR count). The van der Waals surface area contributed by atoms with Gasteiger partial charge in [0, 0.05) is 39.8 Å². The molecule has 1 heterocycles. The minimum atomic E-state index is 0.745. The third-order valence-electron chi connectivity index (χ3n) is 5.17. The zero-order valence-corrected chi connectivity index (χ0v) is 17.5. The Balaban J connectivity index is 1.50. The highest BCUT2D eigenvalue weighted by Gasteiger charge is 2.12. The summed E-state index contributed by atoms with van der Waals surface area (Å²) >= 11 is 0. The fourth-order valence-electron chi connectivity index (χ4n) is 3.51. The largest absolute Gasteiger partial charge is 0.496 e. The van der Waals surface area contributed by atoms with Gasteiger partial charge in [-0.05, 0) is 29.2 Å². The van der Waals surface area contributed by atoms with E-state index >= 15 is 0 Å². The van der Waals surface area contributed by atoms with Crippen molar-refractivity contribution in [3.8, 4) is 5.75 Å². The fraction of sp³-hybridized carbons (Fsp3) is 0.435.